The van der Waals surface area contributed by atoms with E-state index in [-0.39, 0.29) is 0 Å². The SMILES string of the molecule is CCCC1=C[CH]c2ccccc21. The van der Waals surface area contributed by atoms with Crippen molar-refractivity contribution in [2.24, 2.45) is 0 Å². The van der Waals surface area contributed by atoms with Crippen LogP contribution in [0.15, 0.2) is 30.3 Å². The Morgan fingerprint density at radius 3 is 2.83 bits per heavy atom. The maximum atomic E-state index is 2.24. The molecule has 0 nitrogen and oxygen atoms in total. The Hall–Kier alpha value is -1.04. The predicted molar refractivity (Wildman–Crippen MR) is 52.7 cm³/mol. The minimum Gasteiger partial charge on any atom is -0.0722 e. The van der Waals surface area contributed by atoms with E-state index in [1.807, 2.05) is 0 Å². The minimum atomic E-state index is 1.20. The van der Waals surface area contributed by atoms with Crippen LogP contribution in [-0.4, -0.2) is 0 Å². The molecule has 1 aromatic rings. The molecule has 0 fully saturated rings. The Bertz CT molecular complexity index is 308. The Morgan fingerprint density at radius 2 is 2.00 bits per heavy atom. The van der Waals surface area contributed by atoms with Crippen LogP contribution in [0.1, 0.15) is 30.9 Å². The van der Waals surface area contributed by atoms with Crippen LogP contribution >= 0.6 is 0 Å². The van der Waals surface area contributed by atoms with E-state index in [4.69, 9.17) is 0 Å². The number of benzene rings is 1. The maximum absolute atomic E-state index is 2.24. The third kappa shape index (κ3) is 1.18. The molecule has 61 valence electrons. The number of fused-ring (bicyclic) bond motifs is 1. The summed E-state index contributed by atoms with van der Waals surface area (Å²) in [5.41, 5.74) is 4.30. The van der Waals surface area contributed by atoms with Crippen LogP contribution in [0.2, 0.25) is 0 Å². The Kier molecular flexibility index (Phi) is 1.99. The first kappa shape index (κ1) is 7.60. The molecule has 0 N–H and O–H groups in total. The van der Waals surface area contributed by atoms with Crippen molar-refractivity contribution in [1.29, 1.82) is 0 Å². The molecule has 0 spiro atoms. The second kappa shape index (κ2) is 3.14. The van der Waals surface area contributed by atoms with Crippen molar-refractivity contribution in [1.82, 2.24) is 0 Å². The van der Waals surface area contributed by atoms with Gasteiger partial charge in [-0.15, -0.1) is 0 Å². The molecule has 0 heteroatoms. The molecule has 0 atom stereocenters. The Morgan fingerprint density at radius 1 is 1.17 bits per heavy atom. The van der Waals surface area contributed by atoms with Crippen LogP contribution in [0, 0.1) is 6.42 Å². The molecular formula is C12H13. The zero-order valence-corrected chi connectivity index (χ0v) is 7.38. The summed E-state index contributed by atoms with van der Waals surface area (Å²) < 4.78 is 0. The highest BCUT2D eigenvalue weighted by molar-refractivity contribution is 5.76. The van der Waals surface area contributed by atoms with Gasteiger partial charge < -0.3 is 0 Å². The maximum Gasteiger partial charge on any atom is 0.0134 e. The fourth-order valence-corrected chi connectivity index (χ4v) is 1.70. The molecule has 1 radical (unpaired) electrons. The van der Waals surface area contributed by atoms with Crippen molar-refractivity contribution < 1.29 is 0 Å². The first-order chi connectivity index (χ1) is 5.92. The van der Waals surface area contributed by atoms with Crippen molar-refractivity contribution in [2.45, 2.75) is 19.8 Å². The molecule has 1 aliphatic carbocycles. The van der Waals surface area contributed by atoms with E-state index in [0.29, 0.717) is 0 Å². The summed E-state index contributed by atoms with van der Waals surface area (Å²) in [6, 6.07) is 8.59. The molecule has 0 saturated carbocycles. The lowest BCUT2D eigenvalue weighted by molar-refractivity contribution is 0.975. The summed E-state index contributed by atoms with van der Waals surface area (Å²) in [4.78, 5) is 0. The molecular weight excluding hydrogens is 144 g/mol. The third-order valence-electron chi connectivity index (χ3n) is 2.29. The number of allylic oxidation sites excluding steroid dienone is 2. The Labute approximate surface area is 73.9 Å². The quantitative estimate of drug-likeness (QED) is 0.617. The van der Waals surface area contributed by atoms with E-state index >= 15 is 0 Å². The summed E-state index contributed by atoms with van der Waals surface area (Å²) in [5, 5.41) is 0. The lowest BCUT2D eigenvalue weighted by Crippen LogP contribution is -1.82. The molecule has 1 aromatic carbocycles. The normalized spacial score (nSPS) is 14.2. The van der Waals surface area contributed by atoms with Gasteiger partial charge in [-0.05, 0) is 23.1 Å². The molecule has 0 bridgehead atoms. The highest BCUT2D eigenvalue weighted by Crippen LogP contribution is 2.31. The minimum absolute atomic E-state index is 1.20. The number of rotatable bonds is 2. The van der Waals surface area contributed by atoms with E-state index in [1.54, 1.807) is 0 Å². The van der Waals surface area contributed by atoms with Gasteiger partial charge in [0, 0.05) is 6.42 Å². The largest absolute Gasteiger partial charge is 0.0722 e. The van der Waals surface area contributed by atoms with Gasteiger partial charge in [-0.25, -0.2) is 0 Å². The van der Waals surface area contributed by atoms with Crippen molar-refractivity contribution in [2.75, 3.05) is 0 Å². The fraction of sp³-hybridized carbons (Fsp3) is 0.250. The van der Waals surface area contributed by atoms with Crippen molar-refractivity contribution >= 4 is 5.57 Å². The molecule has 0 saturated heterocycles. The van der Waals surface area contributed by atoms with E-state index in [9.17, 15) is 0 Å². The van der Waals surface area contributed by atoms with Crippen molar-refractivity contribution in [3.63, 3.8) is 0 Å². The van der Waals surface area contributed by atoms with Crippen molar-refractivity contribution in [3.8, 4) is 0 Å². The summed E-state index contributed by atoms with van der Waals surface area (Å²) in [6.45, 7) is 2.22. The molecule has 0 aliphatic heterocycles. The van der Waals surface area contributed by atoms with E-state index in [0.717, 1.165) is 0 Å². The molecule has 0 heterocycles. The first-order valence-electron chi connectivity index (χ1n) is 4.55. The molecule has 12 heavy (non-hydrogen) atoms. The zero-order chi connectivity index (χ0) is 8.39. The summed E-state index contributed by atoms with van der Waals surface area (Å²) in [6.07, 6.45) is 6.88. The van der Waals surface area contributed by atoms with Crippen LogP contribution in [0.3, 0.4) is 0 Å². The monoisotopic (exact) mass is 157 g/mol. The van der Waals surface area contributed by atoms with E-state index < -0.39 is 0 Å². The highest BCUT2D eigenvalue weighted by Gasteiger charge is 2.11. The predicted octanol–water partition coefficient (Wildman–Crippen LogP) is 3.44. The second-order valence-electron chi connectivity index (χ2n) is 3.20. The average molecular weight is 157 g/mol. The van der Waals surface area contributed by atoms with Gasteiger partial charge in [-0.1, -0.05) is 43.7 Å². The van der Waals surface area contributed by atoms with Crippen LogP contribution in [0.5, 0.6) is 0 Å². The van der Waals surface area contributed by atoms with Gasteiger partial charge in [0.05, 0.1) is 0 Å². The van der Waals surface area contributed by atoms with Gasteiger partial charge in [-0.3, -0.25) is 0 Å². The third-order valence-corrected chi connectivity index (χ3v) is 2.29. The van der Waals surface area contributed by atoms with E-state index in [1.165, 1.54) is 29.5 Å². The fourth-order valence-electron chi connectivity index (χ4n) is 1.70. The van der Waals surface area contributed by atoms with Gasteiger partial charge in [0.2, 0.25) is 0 Å². The molecule has 0 aromatic heterocycles. The Balaban J connectivity index is 2.32. The molecule has 0 amide bonds. The zero-order valence-electron chi connectivity index (χ0n) is 7.38. The van der Waals surface area contributed by atoms with Crippen LogP contribution in [0.25, 0.3) is 5.57 Å². The van der Waals surface area contributed by atoms with E-state index in [2.05, 4.69) is 43.7 Å². The number of hydrogen-bond acceptors (Lipinski definition) is 0. The lowest BCUT2D eigenvalue weighted by atomic mass is 10.0. The van der Waals surface area contributed by atoms with Crippen molar-refractivity contribution in [3.05, 3.63) is 47.9 Å². The average Bonchev–Trinajstić information content (AvgIpc) is 2.50. The standard InChI is InChI=1S/C12H13/c1-2-5-10-8-9-11-6-3-4-7-12(10)11/h3-4,6-9H,2,5H2,1H3. The number of hydrogen-bond donors (Lipinski definition) is 0. The first-order valence-corrected chi connectivity index (χ1v) is 4.55. The van der Waals surface area contributed by atoms with Crippen LogP contribution < -0.4 is 0 Å². The molecule has 0 unspecified atom stereocenters. The highest BCUT2D eigenvalue weighted by atomic mass is 14.2. The van der Waals surface area contributed by atoms with Crippen LogP contribution in [0.4, 0.5) is 0 Å². The smallest absolute Gasteiger partial charge is 0.0134 e. The van der Waals surface area contributed by atoms with Gasteiger partial charge in [0.25, 0.3) is 0 Å². The van der Waals surface area contributed by atoms with Gasteiger partial charge in [-0.2, -0.15) is 0 Å². The van der Waals surface area contributed by atoms with Gasteiger partial charge >= 0.3 is 0 Å². The molecule has 2 rings (SSSR count). The summed E-state index contributed by atoms with van der Waals surface area (Å²) in [5.74, 6) is 0. The second-order valence-corrected chi connectivity index (χ2v) is 3.20. The molecule has 1 aliphatic rings. The summed E-state index contributed by atoms with van der Waals surface area (Å²) in [7, 11) is 0. The van der Waals surface area contributed by atoms with Crippen LogP contribution in [-0.2, 0) is 0 Å². The summed E-state index contributed by atoms with van der Waals surface area (Å²) >= 11 is 0. The van der Waals surface area contributed by atoms with Gasteiger partial charge in [0.1, 0.15) is 0 Å². The lowest BCUT2D eigenvalue weighted by Gasteiger charge is -2.02. The topological polar surface area (TPSA) is 0 Å². The van der Waals surface area contributed by atoms with Gasteiger partial charge in [0.15, 0.2) is 0 Å².